The Hall–Kier alpha value is -2.16. The maximum atomic E-state index is 13.0. The second-order valence-corrected chi connectivity index (χ2v) is 9.37. The Labute approximate surface area is 186 Å². The van der Waals surface area contributed by atoms with Crippen molar-refractivity contribution in [3.8, 4) is 11.5 Å². The lowest BCUT2D eigenvalue weighted by atomic mass is 10.1. The highest BCUT2D eigenvalue weighted by atomic mass is 35.5. The molecular formula is C20H24Cl2N2O5S. The lowest BCUT2D eigenvalue weighted by molar-refractivity contribution is -0.122. The molecule has 0 saturated carbocycles. The van der Waals surface area contributed by atoms with Crippen LogP contribution in [0.1, 0.15) is 25.5 Å². The normalized spacial score (nSPS) is 13.3. The molecule has 2 aromatic carbocycles. The van der Waals surface area contributed by atoms with Gasteiger partial charge in [0.25, 0.3) is 0 Å². The molecule has 0 fully saturated rings. The summed E-state index contributed by atoms with van der Waals surface area (Å²) >= 11 is 12.2. The van der Waals surface area contributed by atoms with Gasteiger partial charge in [-0.05, 0) is 50.2 Å². The molecule has 0 aliphatic carbocycles. The van der Waals surface area contributed by atoms with Gasteiger partial charge in [0.05, 0.1) is 37.2 Å². The van der Waals surface area contributed by atoms with E-state index in [9.17, 15) is 13.2 Å². The van der Waals surface area contributed by atoms with E-state index in [0.29, 0.717) is 22.1 Å². The first-order chi connectivity index (χ1) is 14.0. The average Bonchev–Trinajstić information content (AvgIpc) is 2.68. The first kappa shape index (κ1) is 24.1. The molecule has 0 unspecified atom stereocenters. The summed E-state index contributed by atoms with van der Waals surface area (Å²) in [4.78, 5) is 13.0. The molecule has 1 N–H and O–H groups in total. The number of carbonyl (C=O) groups excluding carboxylic acids is 1. The van der Waals surface area contributed by atoms with Gasteiger partial charge in [-0.25, -0.2) is 8.42 Å². The number of nitrogens with one attached hydrogen (secondary N) is 1. The predicted molar refractivity (Wildman–Crippen MR) is 119 cm³/mol. The number of methoxy groups -OCH3 is 2. The molecule has 0 aliphatic heterocycles. The van der Waals surface area contributed by atoms with E-state index in [2.05, 4.69) is 5.32 Å². The number of anilines is 1. The van der Waals surface area contributed by atoms with Gasteiger partial charge in [0, 0.05) is 10.6 Å². The van der Waals surface area contributed by atoms with Gasteiger partial charge in [0.2, 0.25) is 15.9 Å². The first-order valence-corrected chi connectivity index (χ1v) is 11.6. The number of rotatable bonds is 8. The Morgan fingerprint density at radius 2 is 1.73 bits per heavy atom. The summed E-state index contributed by atoms with van der Waals surface area (Å²) in [5.41, 5.74) is 0.810. The van der Waals surface area contributed by atoms with Gasteiger partial charge in [0.15, 0.2) is 0 Å². The van der Waals surface area contributed by atoms with Crippen LogP contribution in [-0.2, 0) is 14.8 Å². The number of ether oxygens (including phenoxy) is 2. The topological polar surface area (TPSA) is 84.9 Å². The van der Waals surface area contributed by atoms with E-state index in [1.807, 2.05) is 0 Å². The molecule has 30 heavy (non-hydrogen) atoms. The summed E-state index contributed by atoms with van der Waals surface area (Å²) in [6.45, 7) is 3.24. The number of halogens is 2. The minimum absolute atomic E-state index is 0.126. The fourth-order valence-corrected chi connectivity index (χ4v) is 4.63. The third kappa shape index (κ3) is 5.50. The molecule has 7 nitrogen and oxygen atoms in total. The van der Waals surface area contributed by atoms with Crippen molar-refractivity contribution in [3.05, 3.63) is 52.0 Å². The van der Waals surface area contributed by atoms with E-state index in [1.165, 1.54) is 39.3 Å². The largest absolute Gasteiger partial charge is 0.497 e. The summed E-state index contributed by atoms with van der Waals surface area (Å²) < 4.78 is 36.5. The van der Waals surface area contributed by atoms with E-state index < -0.39 is 28.0 Å². The molecule has 0 heterocycles. The second-order valence-electron chi connectivity index (χ2n) is 6.67. The Kier molecular flexibility index (Phi) is 7.85. The van der Waals surface area contributed by atoms with Crippen molar-refractivity contribution >= 4 is 44.8 Å². The van der Waals surface area contributed by atoms with Crippen LogP contribution in [0.5, 0.6) is 11.5 Å². The smallest absolute Gasteiger partial charge is 0.244 e. The second kappa shape index (κ2) is 9.76. The zero-order chi connectivity index (χ0) is 22.6. The van der Waals surface area contributed by atoms with Gasteiger partial charge in [0.1, 0.15) is 17.5 Å². The Morgan fingerprint density at radius 3 is 2.30 bits per heavy atom. The Morgan fingerprint density at radius 1 is 1.07 bits per heavy atom. The maximum Gasteiger partial charge on any atom is 0.244 e. The van der Waals surface area contributed by atoms with E-state index in [4.69, 9.17) is 32.7 Å². The summed E-state index contributed by atoms with van der Waals surface area (Å²) in [6.07, 6.45) is 1.00. The number of amides is 1. The van der Waals surface area contributed by atoms with Crippen LogP contribution in [-0.4, -0.2) is 40.8 Å². The molecule has 164 valence electrons. The van der Waals surface area contributed by atoms with E-state index >= 15 is 0 Å². The highest BCUT2D eigenvalue weighted by Crippen LogP contribution is 2.33. The first-order valence-electron chi connectivity index (χ1n) is 8.96. The Balaban J connectivity index is 2.35. The van der Waals surface area contributed by atoms with Crippen LogP contribution >= 0.6 is 23.2 Å². The van der Waals surface area contributed by atoms with Crippen molar-refractivity contribution in [1.82, 2.24) is 5.32 Å². The van der Waals surface area contributed by atoms with E-state index in [-0.39, 0.29) is 10.7 Å². The molecule has 1 amide bonds. The fraction of sp³-hybridized carbons (Fsp3) is 0.350. The summed E-state index contributed by atoms with van der Waals surface area (Å²) in [5, 5.41) is 3.28. The molecule has 0 bridgehead atoms. The number of sulfonamides is 1. The van der Waals surface area contributed by atoms with Crippen LogP contribution in [0.25, 0.3) is 0 Å². The lowest BCUT2D eigenvalue weighted by Crippen LogP contribution is -2.48. The fourth-order valence-electron chi connectivity index (χ4n) is 3.03. The van der Waals surface area contributed by atoms with Gasteiger partial charge in [-0.3, -0.25) is 9.10 Å². The van der Waals surface area contributed by atoms with Gasteiger partial charge in [-0.2, -0.15) is 0 Å². The van der Waals surface area contributed by atoms with Crippen molar-refractivity contribution < 1.29 is 22.7 Å². The zero-order valence-corrected chi connectivity index (χ0v) is 19.6. The Bertz CT molecular complexity index is 1030. The highest BCUT2D eigenvalue weighted by molar-refractivity contribution is 7.92. The quantitative estimate of drug-likeness (QED) is 0.623. The maximum absolute atomic E-state index is 13.0. The van der Waals surface area contributed by atoms with Crippen LogP contribution in [0.15, 0.2) is 36.4 Å². The van der Waals surface area contributed by atoms with Crippen LogP contribution in [0, 0.1) is 0 Å². The number of benzene rings is 2. The minimum Gasteiger partial charge on any atom is -0.497 e. The van der Waals surface area contributed by atoms with Crippen LogP contribution in [0.2, 0.25) is 10.0 Å². The third-order valence-electron chi connectivity index (χ3n) is 4.50. The number of hydrogen-bond acceptors (Lipinski definition) is 5. The van der Waals surface area contributed by atoms with E-state index in [0.717, 1.165) is 10.6 Å². The molecule has 2 aromatic rings. The molecule has 2 rings (SSSR count). The van der Waals surface area contributed by atoms with Crippen LogP contribution in [0.3, 0.4) is 0 Å². The van der Waals surface area contributed by atoms with Gasteiger partial charge in [-0.1, -0.05) is 23.2 Å². The lowest BCUT2D eigenvalue weighted by Gasteiger charge is -2.30. The molecule has 0 aliphatic rings. The SMILES string of the molecule is COc1ccc(OC)c([C@H](C)NC(=O)[C@H](C)N(c2cc(Cl)ccc2Cl)S(C)(=O)=O)c1. The molecule has 0 aromatic heterocycles. The standard InChI is InChI=1S/C20H24Cl2N2O5S/c1-12(16-11-15(28-3)7-9-19(16)29-4)23-20(25)13(2)24(30(5,26)27)18-10-14(21)6-8-17(18)22/h6-13H,1-5H3,(H,23,25)/t12-,13-/m0/s1. The van der Waals surface area contributed by atoms with Crippen molar-refractivity contribution in [3.63, 3.8) is 0 Å². The molecule has 10 heteroatoms. The van der Waals surface area contributed by atoms with Gasteiger partial charge < -0.3 is 14.8 Å². The van der Waals surface area contributed by atoms with Crippen molar-refractivity contribution in [1.29, 1.82) is 0 Å². The zero-order valence-electron chi connectivity index (χ0n) is 17.3. The van der Waals surface area contributed by atoms with Crippen LogP contribution < -0.4 is 19.1 Å². The average molecular weight is 475 g/mol. The molecule has 0 spiro atoms. The van der Waals surface area contributed by atoms with E-state index in [1.54, 1.807) is 25.1 Å². The van der Waals surface area contributed by atoms with Crippen molar-refractivity contribution in [2.45, 2.75) is 25.9 Å². The molecule has 0 radical (unpaired) electrons. The number of carbonyl (C=O) groups is 1. The molecule has 0 saturated heterocycles. The van der Waals surface area contributed by atoms with Crippen LogP contribution in [0.4, 0.5) is 5.69 Å². The number of hydrogen-bond donors (Lipinski definition) is 1. The van der Waals surface area contributed by atoms with Gasteiger partial charge in [-0.15, -0.1) is 0 Å². The predicted octanol–water partition coefficient (Wildman–Crippen LogP) is 4.04. The molecular weight excluding hydrogens is 451 g/mol. The van der Waals surface area contributed by atoms with Crippen molar-refractivity contribution in [2.75, 3.05) is 24.8 Å². The molecule has 2 atom stereocenters. The number of nitrogens with zero attached hydrogens (tertiary/aromatic N) is 1. The highest BCUT2D eigenvalue weighted by Gasteiger charge is 2.31. The minimum atomic E-state index is -3.84. The summed E-state index contributed by atoms with van der Waals surface area (Å²) in [7, 11) is -0.781. The van der Waals surface area contributed by atoms with Gasteiger partial charge >= 0.3 is 0 Å². The third-order valence-corrected chi connectivity index (χ3v) is 6.28. The summed E-state index contributed by atoms with van der Waals surface area (Å²) in [5.74, 6) is 0.645. The van der Waals surface area contributed by atoms with Crippen molar-refractivity contribution in [2.24, 2.45) is 0 Å². The monoisotopic (exact) mass is 474 g/mol. The summed E-state index contributed by atoms with van der Waals surface area (Å²) in [6, 6.07) is 8.07.